The van der Waals surface area contributed by atoms with E-state index in [1.165, 1.54) is 5.56 Å². The lowest BCUT2D eigenvalue weighted by atomic mass is 10.1. The van der Waals surface area contributed by atoms with Crippen molar-refractivity contribution < 1.29 is 4.79 Å². The van der Waals surface area contributed by atoms with E-state index in [9.17, 15) is 4.79 Å². The Morgan fingerprint density at radius 1 is 1.14 bits per heavy atom. The van der Waals surface area contributed by atoms with Gasteiger partial charge in [0.15, 0.2) is 0 Å². The molecule has 0 spiro atoms. The molecule has 21 heavy (non-hydrogen) atoms. The number of carbonyl (C=O) groups excluding carboxylic acids is 1. The van der Waals surface area contributed by atoms with Gasteiger partial charge in [0.1, 0.15) is 0 Å². The van der Waals surface area contributed by atoms with Crippen LogP contribution in [0, 0.1) is 6.92 Å². The van der Waals surface area contributed by atoms with E-state index >= 15 is 0 Å². The summed E-state index contributed by atoms with van der Waals surface area (Å²) < 4.78 is 0. The highest BCUT2D eigenvalue weighted by molar-refractivity contribution is 6.33. The molecule has 0 aliphatic heterocycles. The van der Waals surface area contributed by atoms with Gasteiger partial charge in [0.25, 0.3) is 0 Å². The number of anilines is 2. The topological polar surface area (TPSA) is 41.1 Å². The summed E-state index contributed by atoms with van der Waals surface area (Å²) in [5.41, 5.74) is 3.90. The van der Waals surface area contributed by atoms with Crippen LogP contribution in [0.25, 0.3) is 0 Å². The second kappa shape index (κ2) is 7.14. The van der Waals surface area contributed by atoms with Gasteiger partial charge in [-0.05, 0) is 48.7 Å². The monoisotopic (exact) mass is 302 g/mol. The predicted molar refractivity (Wildman–Crippen MR) is 89.1 cm³/mol. The first-order valence-electron chi connectivity index (χ1n) is 6.97. The summed E-state index contributed by atoms with van der Waals surface area (Å²) in [5.74, 6) is -0.101. The zero-order chi connectivity index (χ0) is 15.2. The summed E-state index contributed by atoms with van der Waals surface area (Å²) in [5, 5.41) is 6.51. The van der Waals surface area contributed by atoms with Gasteiger partial charge in [-0.2, -0.15) is 0 Å². The van der Waals surface area contributed by atoms with Crippen molar-refractivity contribution in [3.8, 4) is 0 Å². The normalized spacial score (nSPS) is 10.2. The minimum atomic E-state index is -0.101. The molecule has 0 heterocycles. The zero-order valence-electron chi connectivity index (χ0n) is 12.2. The standard InChI is InChI=1S/C17H19ClN2O/c1-3-13-5-7-14(8-6-13)20-17(21)11-19-16-9-4-12(2)10-15(16)18/h4-10,19H,3,11H2,1-2H3,(H,20,21). The van der Waals surface area contributed by atoms with Crippen molar-refractivity contribution in [2.45, 2.75) is 20.3 Å². The van der Waals surface area contributed by atoms with Gasteiger partial charge >= 0.3 is 0 Å². The summed E-state index contributed by atoms with van der Waals surface area (Å²) in [6, 6.07) is 13.5. The molecule has 3 nitrogen and oxygen atoms in total. The molecule has 1 amide bonds. The highest BCUT2D eigenvalue weighted by Gasteiger charge is 2.05. The number of halogens is 1. The maximum absolute atomic E-state index is 11.9. The van der Waals surface area contributed by atoms with E-state index in [4.69, 9.17) is 11.6 Å². The van der Waals surface area contributed by atoms with Crippen molar-refractivity contribution in [2.75, 3.05) is 17.2 Å². The molecule has 0 radical (unpaired) electrons. The van der Waals surface area contributed by atoms with E-state index < -0.39 is 0 Å². The fraction of sp³-hybridized carbons (Fsp3) is 0.235. The molecule has 4 heteroatoms. The Bertz CT molecular complexity index is 623. The summed E-state index contributed by atoms with van der Waals surface area (Å²) >= 11 is 6.11. The van der Waals surface area contributed by atoms with E-state index in [1.54, 1.807) is 0 Å². The van der Waals surface area contributed by atoms with Crippen LogP contribution >= 0.6 is 11.6 Å². The van der Waals surface area contributed by atoms with Gasteiger partial charge in [-0.3, -0.25) is 4.79 Å². The Labute approximate surface area is 130 Å². The summed E-state index contributed by atoms with van der Waals surface area (Å²) in [6.45, 7) is 4.25. The van der Waals surface area contributed by atoms with Crippen LogP contribution < -0.4 is 10.6 Å². The first-order chi connectivity index (χ1) is 10.1. The first-order valence-corrected chi connectivity index (χ1v) is 7.35. The Morgan fingerprint density at radius 3 is 2.48 bits per heavy atom. The first kappa shape index (κ1) is 15.4. The Kier molecular flexibility index (Phi) is 5.23. The molecule has 2 aromatic rings. The van der Waals surface area contributed by atoms with E-state index in [0.717, 1.165) is 23.4 Å². The smallest absolute Gasteiger partial charge is 0.243 e. The predicted octanol–water partition coefficient (Wildman–Crippen LogP) is 4.26. The third-order valence-electron chi connectivity index (χ3n) is 3.21. The van der Waals surface area contributed by atoms with Gasteiger partial charge in [-0.15, -0.1) is 0 Å². The van der Waals surface area contributed by atoms with Crippen LogP contribution in [0.4, 0.5) is 11.4 Å². The van der Waals surface area contributed by atoms with Crippen molar-refractivity contribution in [1.82, 2.24) is 0 Å². The molecule has 0 unspecified atom stereocenters. The SMILES string of the molecule is CCc1ccc(NC(=O)CNc2ccc(C)cc2Cl)cc1. The van der Waals surface area contributed by atoms with Crippen molar-refractivity contribution in [1.29, 1.82) is 0 Å². The molecule has 0 saturated carbocycles. The molecule has 0 bridgehead atoms. The maximum Gasteiger partial charge on any atom is 0.243 e. The quantitative estimate of drug-likeness (QED) is 0.866. The van der Waals surface area contributed by atoms with Crippen LogP contribution in [0.2, 0.25) is 5.02 Å². The number of benzene rings is 2. The molecule has 110 valence electrons. The molecular formula is C17H19ClN2O. The second-order valence-electron chi connectivity index (χ2n) is 4.94. The molecule has 0 aromatic heterocycles. The maximum atomic E-state index is 11.9. The number of hydrogen-bond acceptors (Lipinski definition) is 2. The van der Waals surface area contributed by atoms with Crippen LogP contribution in [-0.2, 0) is 11.2 Å². The van der Waals surface area contributed by atoms with Gasteiger partial charge < -0.3 is 10.6 Å². The van der Waals surface area contributed by atoms with Gasteiger partial charge in [-0.25, -0.2) is 0 Å². The molecule has 2 N–H and O–H groups in total. The van der Waals surface area contributed by atoms with Crippen LogP contribution in [0.1, 0.15) is 18.1 Å². The fourth-order valence-electron chi connectivity index (χ4n) is 1.97. The summed E-state index contributed by atoms with van der Waals surface area (Å²) in [7, 11) is 0. The van der Waals surface area contributed by atoms with Crippen molar-refractivity contribution in [3.05, 3.63) is 58.6 Å². The van der Waals surface area contributed by atoms with Crippen molar-refractivity contribution in [2.24, 2.45) is 0 Å². The minimum Gasteiger partial charge on any atom is -0.375 e. The lowest BCUT2D eigenvalue weighted by Crippen LogP contribution is -2.21. The van der Waals surface area contributed by atoms with Crippen LogP contribution in [0.15, 0.2) is 42.5 Å². The third-order valence-corrected chi connectivity index (χ3v) is 3.52. The molecule has 0 aliphatic rings. The lowest BCUT2D eigenvalue weighted by Gasteiger charge is -2.10. The Balaban J connectivity index is 1.89. The van der Waals surface area contributed by atoms with Crippen LogP contribution in [0.5, 0.6) is 0 Å². The minimum absolute atomic E-state index is 0.101. The molecule has 2 rings (SSSR count). The van der Waals surface area contributed by atoms with Gasteiger partial charge in [0, 0.05) is 5.69 Å². The number of carbonyl (C=O) groups is 1. The van der Waals surface area contributed by atoms with Gasteiger partial charge in [0.05, 0.1) is 17.3 Å². The van der Waals surface area contributed by atoms with Crippen molar-refractivity contribution >= 4 is 28.9 Å². The second-order valence-corrected chi connectivity index (χ2v) is 5.34. The summed E-state index contributed by atoms with van der Waals surface area (Å²) in [6.07, 6.45) is 0.988. The molecule has 0 atom stereocenters. The van der Waals surface area contributed by atoms with E-state index in [1.807, 2.05) is 49.4 Å². The lowest BCUT2D eigenvalue weighted by molar-refractivity contribution is -0.114. The highest BCUT2D eigenvalue weighted by atomic mass is 35.5. The summed E-state index contributed by atoms with van der Waals surface area (Å²) in [4.78, 5) is 11.9. The Hall–Kier alpha value is -2.00. The fourth-order valence-corrected chi connectivity index (χ4v) is 2.27. The molecular weight excluding hydrogens is 284 g/mol. The van der Waals surface area contributed by atoms with Crippen LogP contribution in [0.3, 0.4) is 0 Å². The number of rotatable bonds is 5. The van der Waals surface area contributed by atoms with E-state index in [2.05, 4.69) is 17.6 Å². The number of hydrogen-bond donors (Lipinski definition) is 2. The highest BCUT2D eigenvalue weighted by Crippen LogP contribution is 2.22. The largest absolute Gasteiger partial charge is 0.375 e. The molecule has 2 aromatic carbocycles. The van der Waals surface area contributed by atoms with E-state index in [-0.39, 0.29) is 12.5 Å². The number of nitrogens with one attached hydrogen (secondary N) is 2. The third kappa shape index (κ3) is 4.50. The molecule has 0 aliphatic carbocycles. The molecule has 0 saturated heterocycles. The van der Waals surface area contributed by atoms with Gasteiger partial charge in [-0.1, -0.05) is 36.7 Å². The average molecular weight is 303 g/mol. The van der Waals surface area contributed by atoms with Crippen molar-refractivity contribution in [3.63, 3.8) is 0 Å². The zero-order valence-corrected chi connectivity index (χ0v) is 13.0. The Morgan fingerprint density at radius 2 is 1.86 bits per heavy atom. The average Bonchev–Trinajstić information content (AvgIpc) is 2.47. The number of aryl methyl sites for hydroxylation is 2. The number of amides is 1. The molecule has 0 fully saturated rings. The van der Waals surface area contributed by atoms with E-state index in [0.29, 0.717) is 5.02 Å². The van der Waals surface area contributed by atoms with Crippen LogP contribution in [-0.4, -0.2) is 12.5 Å². The van der Waals surface area contributed by atoms with Gasteiger partial charge in [0.2, 0.25) is 5.91 Å².